The van der Waals surface area contributed by atoms with E-state index in [1.165, 1.54) is 26.4 Å². The molecule has 0 saturated heterocycles. The zero-order chi connectivity index (χ0) is 23.4. The molecule has 3 N–H and O–H groups in total. The van der Waals surface area contributed by atoms with E-state index < -0.39 is 6.10 Å². The maximum absolute atomic E-state index is 12.9. The molecular weight excluding hydrogens is 416 g/mol. The average Bonchev–Trinajstić information content (AvgIpc) is 2.76. The molecule has 0 saturated carbocycles. The van der Waals surface area contributed by atoms with E-state index >= 15 is 0 Å². The number of benzene rings is 2. The molecular formula is C24H26O8. The number of carbonyl (C=O) groups excluding carboxylic acids is 2. The lowest BCUT2D eigenvalue weighted by atomic mass is 9.92. The Morgan fingerprint density at radius 3 is 2.59 bits per heavy atom. The summed E-state index contributed by atoms with van der Waals surface area (Å²) in [7, 11) is 2.75. The fraction of sp³-hybridized carbons (Fsp3) is 0.333. The first-order valence-corrected chi connectivity index (χ1v) is 10.1. The van der Waals surface area contributed by atoms with Gasteiger partial charge in [-0.15, -0.1) is 0 Å². The van der Waals surface area contributed by atoms with Crippen LogP contribution < -0.4 is 9.47 Å². The van der Waals surface area contributed by atoms with Gasteiger partial charge in [-0.1, -0.05) is 17.7 Å². The third-order valence-corrected chi connectivity index (χ3v) is 5.45. The Morgan fingerprint density at radius 2 is 1.91 bits per heavy atom. The highest BCUT2D eigenvalue weighted by Crippen LogP contribution is 2.45. The monoisotopic (exact) mass is 442 g/mol. The summed E-state index contributed by atoms with van der Waals surface area (Å²) in [6, 6.07) is 5.97. The maximum atomic E-state index is 12.9. The van der Waals surface area contributed by atoms with E-state index in [1.807, 2.05) is 6.92 Å². The number of esters is 1. The van der Waals surface area contributed by atoms with Crippen LogP contribution in [0.2, 0.25) is 0 Å². The van der Waals surface area contributed by atoms with E-state index in [1.54, 1.807) is 18.2 Å². The molecule has 1 atom stereocenters. The molecule has 0 unspecified atom stereocenters. The van der Waals surface area contributed by atoms with Crippen LogP contribution in [0.5, 0.6) is 28.7 Å². The molecule has 2 aromatic rings. The molecule has 0 radical (unpaired) electrons. The van der Waals surface area contributed by atoms with Gasteiger partial charge in [0.1, 0.15) is 28.9 Å². The van der Waals surface area contributed by atoms with Crippen LogP contribution in [0, 0.1) is 0 Å². The molecule has 0 amide bonds. The van der Waals surface area contributed by atoms with Gasteiger partial charge in [0, 0.05) is 18.1 Å². The van der Waals surface area contributed by atoms with Crippen molar-refractivity contribution < 1.29 is 39.1 Å². The van der Waals surface area contributed by atoms with E-state index in [4.69, 9.17) is 9.47 Å². The van der Waals surface area contributed by atoms with Crippen molar-refractivity contribution in [3.63, 3.8) is 0 Å². The summed E-state index contributed by atoms with van der Waals surface area (Å²) in [6.45, 7) is 1.83. The Bertz CT molecular complexity index is 1070. The van der Waals surface area contributed by atoms with Crippen molar-refractivity contribution >= 4 is 11.8 Å². The SMILES string of the molecule is COC(=O)CCC(C)=CCc1c(O)cc2c(c1O)C(=O)C[C@@H](c1ccc(O)c(OC)c1)O2. The van der Waals surface area contributed by atoms with Crippen LogP contribution in [-0.4, -0.2) is 41.3 Å². The second-order valence-electron chi connectivity index (χ2n) is 7.59. The van der Waals surface area contributed by atoms with E-state index in [0.29, 0.717) is 12.0 Å². The quantitative estimate of drug-likeness (QED) is 0.435. The molecule has 1 aliphatic heterocycles. The number of hydrogen-bond acceptors (Lipinski definition) is 8. The lowest BCUT2D eigenvalue weighted by Crippen LogP contribution is -2.21. The van der Waals surface area contributed by atoms with Crippen molar-refractivity contribution in [1.82, 2.24) is 0 Å². The van der Waals surface area contributed by atoms with Gasteiger partial charge >= 0.3 is 5.97 Å². The minimum atomic E-state index is -0.658. The molecule has 170 valence electrons. The lowest BCUT2D eigenvalue weighted by molar-refractivity contribution is -0.140. The molecule has 0 fully saturated rings. The van der Waals surface area contributed by atoms with Crippen LogP contribution in [-0.2, 0) is 16.0 Å². The van der Waals surface area contributed by atoms with Gasteiger partial charge in [0.15, 0.2) is 17.3 Å². The molecule has 3 rings (SSSR count). The highest BCUT2D eigenvalue weighted by atomic mass is 16.5. The summed E-state index contributed by atoms with van der Waals surface area (Å²) < 4.78 is 15.6. The molecule has 8 nitrogen and oxygen atoms in total. The second-order valence-corrected chi connectivity index (χ2v) is 7.59. The Labute approximate surface area is 185 Å². The van der Waals surface area contributed by atoms with Gasteiger partial charge in [-0.05, 0) is 37.5 Å². The topological polar surface area (TPSA) is 123 Å². The van der Waals surface area contributed by atoms with E-state index in [2.05, 4.69) is 4.74 Å². The van der Waals surface area contributed by atoms with Crippen LogP contribution >= 0.6 is 0 Å². The number of rotatable bonds is 7. The zero-order valence-corrected chi connectivity index (χ0v) is 18.2. The highest BCUT2D eigenvalue weighted by molar-refractivity contribution is 6.03. The molecule has 1 heterocycles. The molecule has 2 aromatic carbocycles. The van der Waals surface area contributed by atoms with Crippen LogP contribution in [0.3, 0.4) is 0 Å². The summed E-state index contributed by atoms with van der Waals surface area (Å²) in [5.41, 5.74) is 1.74. The van der Waals surface area contributed by atoms with E-state index in [-0.39, 0.29) is 70.9 Å². The first kappa shape index (κ1) is 23.0. The average molecular weight is 442 g/mol. The van der Waals surface area contributed by atoms with Gasteiger partial charge in [-0.3, -0.25) is 9.59 Å². The number of aromatic hydroxyl groups is 3. The van der Waals surface area contributed by atoms with Crippen molar-refractivity contribution in [2.75, 3.05) is 14.2 Å². The number of ketones is 1. The minimum Gasteiger partial charge on any atom is -0.507 e. The van der Waals surface area contributed by atoms with Crippen molar-refractivity contribution in [3.05, 3.63) is 52.6 Å². The van der Waals surface area contributed by atoms with Gasteiger partial charge in [0.05, 0.1) is 20.6 Å². The van der Waals surface area contributed by atoms with Gasteiger partial charge < -0.3 is 29.5 Å². The van der Waals surface area contributed by atoms with Gasteiger partial charge in [0.25, 0.3) is 0 Å². The number of phenols is 3. The van der Waals surface area contributed by atoms with Crippen molar-refractivity contribution in [1.29, 1.82) is 0 Å². The third kappa shape index (κ3) is 4.80. The Kier molecular flexibility index (Phi) is 6.92. The number of phenolic OH excluding ortho intramolecular Hbond substituents is 3. The molecule has 0 aromatic heterocycles. The fourth-order valence-corrected chi connectivity index (χ4v) is 3.56. The van der Waals surface area contributed by atoms with Crippen molar-refractivity contribution in [2.45, 2.75) is 38.7 Å². The second kappa shape index (κ2) is 9.64. The molecule has 1 aliphatic rings. The van der Waals surface area contributed by atoms with Crippen LogP contribution in [0.15, 0.2) is 35.9 Å². The Hall–Kier alpha value is -3.68. The van der Waals surface area contributed by atoms with E-state index in [0.717, 1.165) is 5.57 Å². The number of hydrogen-bond donors (Lipinski definition) is 3. The molecule has 0 bridgehead atoms. The smallest absolute Gasteiger partial charge is 0.305 e. The van der Waals surface area contributed by atoms with E-state index in [9.17, 15) is 24.9 Å². The summed E-state index contributed by atoms with van der Waals surface area (Å²) in [5.74, 6) is -0.857. The molecule has 0 aliphatic carbocycles. The fourth-order valence-electron chi connectivity index (χ4n) is 3.56. The zero-order valence-electron chi connectivity index (χ0n) is 18.2. The summed E-state index contributed by atoms with van der Waals surface area (Å²) in [5, 5.41) is 31.0. The van der Waals surface area contributed by atoms with Crippen molar-refractivity contribution in [2.24, 2.45) is 0 Å². The Balaban J connectivity index is 1.84. The van der Waals surface area contributed by atoms with Gasteiger partial charge in [0.2, 0.25) is 0 Å². The summed E-state index contributed by atoms with van der Waals surface area (Å²) in [4.78, 5) is 24.1. The number of ether oxygens (including phenoxy) is 3. The first-order chi connectivity index (χ1) is 15.2. The molecule has 0 spiro atoms. The van der Waals surface area contributed by atoms with Crippen LogP contribution in [0.4, 0.5) is 0 Å². The Morgan fingerprint density at radius 1 is 1.16 bits per heavy atom. The van der Waals surface area contributed by atoms with Crippen LogP contribution in [0.1, 0.15) is 53.8 Å². The number of allylic oxidation sites excluding steroid dienone is 2. The normalized spacial score (nSPS) is 15.7. The minimum absolute atomic E-state index is 0.0211. The predicted molar refractivity (Wildman–Crippen MR) is 115 cm³/mol. The lowest BCUT2D eigenvalue weighted by Gasteiger charge is -2.27. The third-order valence-electron chi connectivity index (χ3n) is 5.45. The number of carbonyl (C=O) groups is 2. The first-order valence-electron chi connectivity index (χ1n) is 10.1. The van der Waals surface area contributed by atoms with Crippen LogP contribution in [0.25, 0.3) is 0 Å². The van der Waals surface area contributed by atoms with Gasteiger partial charge in [-0.25, -0.2) is 0 Å². The summed E-state index contributed by atoms with van der Waals surface area (Å²) >= 11 is 0. The van der Waals surface area contributed by atoms with Gasteiger partial charge in [-0.2, -0.15) is 0 Å². The summed E-state index contributed by atoms with van der Waals surface area (Å²) in [6.07, 6.45) is 2.00. The predicted octanol–water partition coefficient (Wildman–Crippen LogP) is 3.96. The highest BCUT2D eigenvalue weighted by Gasteiger charge is 2.33. The largest absolute Gasteiger partial charge is 0.507 e. The van der Waals surface area contributed by atoms with Crippen molar-refractivity contribution in [3.8, 4) is 28.7 Å². The standard InChI is InChI=1S/C24H26O8/c1-13(5-9-22(28)31-3)4-7-15-17(26)11-21-23(24(15)29)18(27)12-19(32-21)14-6-8-16(25)20(10-14)30-2/h4,6,8,10-11,19,25-26,29H,5,7,9,12H2,1-3H3/t19-/m0/s1. The molecule has 32 heavy (non-hydrogen) atoms. The number of fused-ring (bicyclic) bond motifs is 1. The number of methoxy groups -OCH3 is 2. The maximum Gasteiger partial charge on any atom is 0.305 e. The molecule has 8 heteroatoms. The number of Topliss-reactive ketones (excluding diaryl/α,β-unsaturated/α-hetero) is 1.